The number of rotatable bonds is 7. The lowest BCUT2D eigenvalue weighted by Gasteiger charge is -2.10. The average Bonchev–Trinajstić information content (AvgIpc) is 2.84. The zero-order valence-electron chi connectivity index (χ0n) is 15.2. The van der Waals surface area contributed by atoms with Crippen LogP contribution in [-0.4, -0.2) is 23.8 Å². The number of guanidine groups is 1. The van der Waals surface area contributed by atoms with Crippen LogP contribution in [0.1, 0.15) is 37.3 Å². The molecule has 3 N–H and O–H groups in total. The number of nitrogens with one attached hydrogen (secondary N) is 1. The van der Waals surface area contributed by atoms with E-state index < -0.39 is 0 Å². The largest absolute Gasteiger partial charge is 0.491 e. The highest BCUT2D eigenvalue weighted by molar-refractivity contribution is 14.0. The maximum absolute atomic E-state index is 5.92. The highest BCUT2D eigenvalue weighted by atomic mass is 127. The van der Waals surface area contributed by atoms with Crippen molar-refractivity contribution in [2.75, 3.05) is 11.9 Å². The topological polar surface area (TPSA) is 85.7 Å². The molecule has 0 aliphatic rings. The maximum atomic E-state index is 5.92. The fourth-order valence-corrected chi connectivity index (χ4v) is 2.39. The van der Waals surface area contributed by atoms with Crippen molar-refractivity contribution in [1.82, 2.24) is 5.16 Å². The second-order valence-electron chi connectivity index (χ2n) is 5.99. The molecular weight excluding hydrogens is 431 g/mol. The van der Waals surface area contributed by atoms with Crippen LogP contribution >= 0.6 is 24.0 Å². The Bertz CT molecular complexity index is 661. The number of benzene rings is 1. The van der Waals surface area contributed by atoms with Crippen LogP contribution in [-0.2, 0) is 6.42 Å². The van der Waals surface area contributed by atoms with Gasteiger partial charge in [0.25, 0.3) is 0 Å². The van der Waals surface area contributed by atoms with Crippen molar-refractivity contribution in [3.63, 3.8) is 0 Å². The standard InChI is InChI=1S/C18H26N4O2.HI/c1-12(2)23-16-9-7-15(8-10-16)21-18(19)20-11-5-6-17-13(3)22-24-14(17)4;/h7-10,12H,5-6,11H2,1-4H3,(H3,19,20,21);1H. The molecule has 138 valence electrons. The summed E-state index contributed by atoms with van der Waals surface area (Å²) in [6.07, 6.45) is 1.94. The number of ether oxygens (including phenoxy) is 1. The first-order valence-electron chi connectivity index (χ1n) is 8.21. The van der Waals surface area contributed by atoms with Crippen molar-refractivity contribution in [2.45, 2.75) is 46.6 Å². The van der Waals surface area contributed by atoms with Crippen molar-refractivity contribution >= 4 is 35.6 Å². The van der Waals surface area contributed by atoms with E-state index in [0.29, 0.717) is 12.5 Å². The Kier molecular flexibility index (Phi) is 8.74. The van der Waals surface area contributed by atoms with Crippen LogP contribution < -0.4 is 15.8 Å². The van der Waals surface area contributed by atoms with E-state index in [4.69, 9.17) is 15.0 Å². The van der Waals surface area contributed by atoms with Gasteiger partial charge in [-0.25, -0.2) is 0 Å². The number of halogens is 1. The molecule has 1 aromatic carbocycles. The third-order valence-corrected chi connectivity index (χ3v) is 3.55. The molecule has 25 heavy (non-hydrogen) atoms. The van der Waals surface area contributed by atoms with Crippen molar-refractivity contribution < 1.29 is 9.26 Å². The normalized spacial score (nSPS) is 11.3. The lowest BCUT2D eigenvalue weighted by atomic mass is 10.1. The number of anilines is 1. The predicted octanol–water partition coefficient (Wildman–Crippen LogP) is 4.06. The molecule has 0 bridgehead atoms. The van der Waals surface area contributed by atoms with Gasteiger partial charge in [0.2, 0.25) is 0 Å². The van der Waals surface area contributed by atoms with E-state index in [2.05, 4.69) is 15.5 Å². The third kappa shape index (κ3) is 6.93. The van der Waals surface area contributed by atoms with Gasteiger partial charge in [0.1, 0.15) is 11.5 Å². The second-order valence-corrected chi connectivity index (χ2v) is 5.99. The number of aromatic nitrogens is 1. The van der Waals surface area contributed by atoms with Crippen LogP contribution in [0, 0.1) is 13.8 Å². The Morgan fingerprint density at radius 3 is 2.52 bits per heavy atom. The first-order chi connectivity index (χ1) is 11.5. The maximum Gasteiger partial charge on any atom is 0.193 e. The summed E-state index contributed by atoms with van der Waals surface area (Å²) in [6, 6.07) is 7.66. The smallest absolute Gasteiger partial charge is 0.193 e. The molecule has 0 spiro atoms. The summed E-state index contributed by atoms with van der Waals surface area (Å²) in [5.41, 5.74) is 8.92. The van der Waals surface area contributed by atoms with Crippen LogP contribution in [0.25, 0.3) is 0 Å². The zero-order valence-corrected chi connectivity index (χ0v) is 17.5. The summed E-state index contributed by atoms with van der Waals surface area (Å²) in [7, 11) is 0. The number of aryl methyl sites for hydroxylation is 2. The summed E-state index contributed by atoms with van der Waals surface area (Å²) in [5, 5.41) is 7.03. The van der Waals surface area contributed by atoms with Gasteiger partial charge in [0, 0.05) is 17.8 Å². The summed E-state index contributed by atoms with van der Waals surface area (Å²) in [6.45, 7) is 8.54. The lowest BCUT2D eigenvalue weighted by molar-refractivity contribution is 0.242. The van der Waals surface area contributed by atoms with Gasteiger partial charge in [-0.15, -0.1) is 24.0 Å². The quantitative estimate of drug-likeness (QED) is 0.283. The van der Waals surface area contributed by atoms with E-state index in [9.17, 15) is 0 Å². The molecule has 0 unspecified atom stereocenters. The number of hydrogen-bond acceptors (Lipinski definition) is 4. The van der Waals surface area contributed by atoms with E-state index in [1.807, 2.05) is 52.0 Å². The highest BCUT2D eigenvalue weighted by Crippen LogP contribution is 2.17. The van der Waals surface area contributed by atoms with Crippen molar-refractivity contribution in [3.8, 4) is 5.75 Å². The number of nitrogens with zero attached hydrogens (tertiary/aromatic N) is 2. The molecule has 2 rings (SSSR count). The molecule has 0 atom stereocenters. The minimum atomic E-state index is 0. The first-order valence-corrected chi connectivity index (χ1v) is 8.21. The van der Waals surface area contributed by atoms with Gasteiger partial charge in [-0.05, 0) is 64.8 Å². The SMILES string of the molecule is Cc1noc(C)c1CCCN=C(N)Nc1ccc(OC(C)C)cc1.I. The lowest BCUT2D eigenvalue weighted by Crippen LogP contribution is -2.22. The summed E-state index contributed by atoms with van der Waals surface area (Å²) >= 11 is 0. The predicted molar refractivity (Wildman–Crippen MR) is 112 cm³/mol. The van der Waals surface area contributed by atoms with Crippen LogP contribution in [0.15, 0.2) is 33.8 Å². The number of nitrogens with two attached hydrogens (primary N) is 1. The van der Waals surface area contributed by atoms with Crippen molar-refractivity contribution in [2.24, 2.45) is 10.7 Å². The van der Waals surface area contributed by atoms with Gasteiger partial charge in [-0.3, -0.25) is 4.99 Å². The Morgan fingerprint density at radius 2 is 1.96 bits per heavy atom. The van der Waals surface area contributed by atoms with Gasteiger partial charge in [-0.2, -0.15) is 0 Å². The fourth-order valence-electron chi connectivity index (χ4n) is 2.39. The van der Waals surface area contributed by atoms with Gasteiger partial charge in [0.15, 0.2) is 5.96 Å². The van der Waals surface area contributed by atoms with Gasteiger partial charge in [-0.1, -0.05) is 5.16 Å². The Morgan fingerprint density at radius 1 is 1.28 bits per heavy atom. The number of hydrogen-bond donors (Lipinski definition) is 2. The van der Waals surface area contributed by atoms with E-state index in [0.717, 1.165) is 41.3 Å². The molecule has 0 radical (unpaired) electrons. The van der Waals surface area contributed by atoms with Crippen molar-refractivity contribution in [3.05, 3.63) is 41.3 Å². The van der Waals surface area contributed by atoms with Crippen molar-refractivity contribution in [1.29, 1.82) is 0 Å². The van der Waals surface area contributed by atoms with Crippen LogP contribution in [0.5, 0.6) is 5.75 Å². The summed E-state index contributed by atoms with van der Waals surface area (Å²) in [5.74, 6) is 2.13. The van der Waals surface area contributed by atoms with E-state index in [1.54, 1.807) is 0 Å². The molecule has 0 fully saturated rings. The first kappa shape index (κ1) is 21.3. The average molecular weight is 458 g/mol. The number of aliphatic imine (C=N–C) groups is 1. The Labute approximate surface area is 166 Å². The van der Waals surface area contributed by atoms with Crippen LogP contribution in [0.2, 0.25) is 0 Å². The van der Waals surface area contributed by atoms with Gasteiger partial charge >= 0.3 is 0 Å². The monoisotopic (exact) mass is 458 g/mol. The molecule has 0 saturated carbocycles. The summed E-state index contributed by atoms with van der Waals surface area (Å²) < 4.78 is 10.8. The zero-order chi connectivity index (χ0) is 17.5. The Hall–Kier alpha value is -1.77. The molecule has 0 aliphatic carbocycles. The minimum absolute atomic E-state index is 0. The van der Waals surface area contributed by atoms with Gasteiger partial charge < -0.3 is 20.3 Å². The molecule has 2 aromatic rings. The van der Waals surface area contributed by atoms with Crippen LogP contribution in [0.3, 0.4) is 0 Å². The van der Waals surface area contributed by atoms with E-state index >= 15 is 0 Å². The molecular formula is C18H27IN4O2. The molecule has 0 aliphatic heterocycles. The van der Waals surface area contributed by atoms with E-state index in [1.165, 1.54) is 0 Å². The second kappa shape index (κ2) is 10.3. The molecule has 1 aromatic heterocycles. The molecule has 6 nitrogen and oxygen atoms in total. The van der Waals surface area contributed by atoms with E-state index in [-0.39, 0.29) is 30.1 Å². The van der Waals surface area contributed by atoms with Gasteiger partial charge in [0.05, 0.1) is 11.8 Å². The van der Waals surface area contributed by atoms with Crippen LogP contribution in [0.4, 0.5) is 5.69 Å². The minimum Gasteiger partial charge on any atom is -0.491 e. The molecule has 1 heterocycles. The fraction of sp³-hybridized carbons (Fsp3) is 0.444. The molecule has 0 saturated heterocycles. The molecule has 7 heteroatoms. The third-order valence-electron chi connectivity index (χ3n) is 3.55. The highest BCUT2D eigenvalue weighted by Gasteiger charge is 2.07. The molecule has 0 amide bonds. The Balaban J connectivity index is 0.00000312. The summed E-state index contributed by atoms with van der Waals surface area (Å²) in [4.78, 5) is 4.35.